The van der Waals surface area contributed by atoms with Crippen molar-refractivity contribution in [2.45, 2.75) is 19.3 Å². The molecule has 3 rings (SSSR count). The molecule has 2 heterocycles. The van der Waals surface area contributed by atoms with Crippen LogP contribution in [0.4, 0.5) is 10.1 Å². The molecule has 7 heteroatoms. The summed E-state index contributed by atoms with van der Waals surface area (Å²) in [7, 11) is -2.44. The molecular formula is C18H21FN4OS. The van der Waals surface area contributed by atoms with Crippen LogP contribution in [0.1, 0.15) is 24.8 Å². The van der Waals surface area contributed by atoms with Gasteiger partial charge in [0.25, 0.3) is 0 Å². The van der Waals surface area contributed by atoms with E-state index in [1.165, 1.54) is 18.4 Å². The number of benzene rings is 1. The summed E-state index contributed by atoms with van der Waals surface area (Å²) in [5.41, 5.74) is 1.89. The van der Waals surface area contributed by atoms with E-state index in [2.05, 4.69) is 16.0 Å². The molecule has 0 aliphatic carbocycles. The van der Waals surface area contributed by atoms with Crippen molar-refractivity contribution < 1.29 is 8.60 Å². The number of anilines is 1. The van der Waals surface area contributed by atoms with Crippen molar-refractivity contribution in [3.05, 3.63) is 35.8 Å². The van der Waals surface area contributed by atoms with Crippen molar-refractivity contribution in [3.63, 3.8) is 0 Å². The van der Waals surface area contributed by atoms with Crippen molar-refractivity contribution in [2.75, 3.05) is 30.0 Å². The van der Waals surface area contributed by atoms with Gasteiger partial charge >= 0.3 is 0 Å². The number of hydrogen-bond donors (Lipinski definition) is 1. The molecule has 1 fully saturated rings. The third-order valence-electron chi connectivity index (χ3n) is 4.77. The lowest BCUT2D eigenvalue weighted by Gasteiger charge is -2.34. The number of fused-ring (bicyclic) bond motifs is 1. The fourth-order valence-electron chi connectivity index (χ4n) is 3.41. The maximum absolute atomic E-state index is 13.7. The van der Waals surface area contributed by atoms with Gasteiger partial charge < -0.3 is 4.90 Å². The van der Waals surface area contributed by atoms with Crippen LogP contribution in [0.25, 0.3) is 10.9 Å². The van der Waals surface area contributed by atoms with Crippen LogP contribution in [0, 0.1) is 27.8 Å². The van der Waals surface area contributed by atoms with Gasteiger partial charge in [-0.3, -0.25) is 14.0 Å². The predicted octanol–water partition coefficient (Wildman–Crippen LogP) is 3.53. The third kappa shape index (κ3) is 4.07. The van der Waals surface area contributed by atoms with Crippen LogP contribution in [-0.4, -0.2) is 34.3 Å². The van der Waals surface area contributed by atoms with Crippen LogP contribution in [0.5, 0.6) is 0 Å². The van der Waals surface area contributed by atoms with E-state index in [1.54, 1.807) is 12.3 Å². The predicted molar refractivity (Wildman–Crippen MR) is 97.6 cm³/mol. The Bertz CT molecular complexity index is 928. The molecule has 5 nitrogen and oxygen atoms in total. The van der Waals surface area contributed by atoms with E-state index in [1.807, 2.05) is 0 Å². The minimum Gasteiger partial charge on any atom is -0.370 e. The van der Waals surface area contributed by atoms with E-state index in [0.29, 0.717) is 28.1 Å². The first-order chi connectivity index (χ1) is 11.9. The number of nitriles is 1. The Labute approximate surface area is 147 Å². The lowest BCUT2D eigenvalue weighted by Crippen LogP contribution is -2.34. The zero-order chi connectivity index (χ0) is 18.0. The average molecular weight is 360 g/mol. The molecule has 0 spiro atoms. The largest absolute Gasteiger partial charge is 0.370 e. The second kappa shape index (κ2) is 6.96. The number of hydrogen-bond acceptors (Lipinski definition) is 5. The molecule has 132 valence electrons. The SMILES string of the molecule is CS(=N)(=O)CCC1CCN(c2c(C#N)cnc3ccc(F)cc23)CC1. The maximum atomic E-state index is 13.7. The molecule has 1 aliphatic rings. The van der Waals surface area contributed by atoms with E-state index >= 15 is 0 Å². The fraction of sp³-hybridized carbons (Fsp3) is 0.444. The van der Waals surface area contributed by atoms with Crippen LogP contribution >= 0.6 is 0 Å². The normalized spacial score (nSPS) is 18.0. The van der Waals surface area contributed by atoms with Gasteiger partial charge in [0.1, 0.15) is 11.9 Å². The minimum atomic E-state index is -2.44. The number of nitrogens with one attached hydrogen (secondary N) is 1. The maximum Gasteiger partial charge on any atom is 0.124 e. The Morgan fingerprint density at radius 2 is 2.16 bits per heavy atom. The summed E-state index contributed by atoms with van der Waals surface area (Å²) >= 11 is 0. The topological polar surface area (TPSA) is 80.8 Å². The Morgan fingerprint density at radius 1 is 1.44 bits per heavy atom. The highest BCUT2D eigenvalue weighted by atomic mass is 32.2. The zero-order valence-corrected chi connectivity index (χ0v) is 15.0. The molecule has 1 N–H and O–H groups in total. The molecule has 25 heavy (non-hydrogen) atoms. The number of rotatable bonds is 4. The Balaban J connectivity index is 1.83. The molecule has 0 radical (unpaired) electrons. The first-order valence-electron chi connectivity index (χ1n) is 8.32. The molecule has 1 atom stereocenters. The summed E-state index contributed by atoms with van der Waals surface area (Å²) in [5.74, 6) is 0.538. The van der Waals surface area contributed by atoms with Crippen molar-refractivity contribution in [1.29, 1.82) is 10.0 Å². The standard InChI is InChI=1S/C18H21FN4OS/c1-25(21,24)9-6-13-4-7-23(8-5-13)18-14(11-20)12-22-17-3-2-15(19)10-16(17)18/h2-3,10,12-13,21H,4-9H2,1H3. The van der Waals surface area contributed by atoms with Gasteiger partial charge in [0.05, 0.1) is 16.8 Å². The summed E-state index contributed by atoms with van der Waals surface area (Å²) in [5, 5.41) is 10.1. The summed E-state index contributed by atoms with van der Waals surface area (Å²) in [6.07, 6.45) is 5.66. The van der Waals surface area contributed by atoms with Gasteiger partial charge in [-0.2, -0.15) is 5.26 Å². The monoisotopic (exact) mass is 360 g/mol. The molecular weight excluding hydrogens is 339 g/mol. The van der Waals surface area contributed by atoms with Gasteiger partial charge in [-0.25, -0.2) is 4.39 Å². The van der Waals surface area contributed by atoms with Crippen LogP contribution in [0.3, 0.4) is 0 Å². The Hall–Kier alpha value is -2.20. The van der Waals surface area contributed by atoms with Crippen LogP contribution in [0.15, 0.2) is 24.4 Å². The average Bonchev–Trinajstić information content (AvgIpc) is 2.58. The molecule has 1 aliphatic heterocycles. The summed E-state index contributed by atoms with van der Waals surface area (Å²) in [4.78, 5) is 6.38. The van der Waals surface area contributed by atoms with Gasteiger partial charge in [0.15, 0.2) is 0 Å². The van der Waals surface area contributed by atoms with Gasteiger partial charge in [-0.05, 0) is 43.4 Å². The molecule has 1 saturated heterocycles. The number of nitrogens with zero attached hydrogens (tertiary/aromatic N) is 3. The molecule has 0 amide bonds. The van der Waals surface area contributed by atoms with Crippen LogP contribution in [0.2, 0.25) is 0 Å². The Kier molecular flexibility index (Phi) is 4.91. The number of aromatic nitrogens is 1. The smallest absolute Gasteiger partial charge is 0.124 e. The van der Waals surface area contributed by atoms with E-state index in [0.717, 1.165) is 38.0 Å². The van der Waals surface area contributed by atoms with E-state index in [-0.39, 0.29) is 5.82 Å². The zero-order valence-electron chi connectivity index (χ0n) is 14.2. The molecule has 0 bridgehead atoms. The quantitative estimate of drug-likeness (QED) is 0.904. The molecule has 2 aromatic rings. The summed E-state index contributed by atoms with van der Waals surface area (Å²) in [6, 6.07) is 6.62. The first kappa shape index (κ1) is 17.6. The summed E-state index contributed by atoms with van der Waals surface area (Å²) < 4.78 is 32.8. The highest BCUT2D eigenvalue weighted by molar-refractivity contribution is 7.91. The van der Waals surface area contributed by atoms with E-state index < -0.39 is 9.73 Å². The van der Waals surface area contributed by atoms with Gasteiger partial charge in [0.2, 0.25) is 0 Å². The van der Waals surface area contributed by atoms with E-state index in [4.69, 9.17) is 4.78 Å². The van der Waals surface area contributed by atoms with E-state index in [9.17, 15) is 13.9 Å². The van der Waals surface area contributed by atoms with Crippen molar-refractivity contribution in [2.24, 2.45) is 5.92 Å². The number of halogens is 1. The lowest BCUT2D eigenvalue weighted by atomic mass is 9.93. The number of pyridine rings is 1. The Morgan fingerprint density at radius 3 is 2.80 bits per heavy atom. The molecule has 0 saturated carbocycles. The van der Waals surface area contributed by atoms with Crippen LogP contribution in [-0.2, 0) is 9.73 Å². The van der Waals surface area contributed by atoms with Gasteiger partial charge in [0, 0.05) is 46.4 Å². The van der Waals surface area contributed by atoms with Crippen LogP contribution < -0.4 is 4.90 Å². The van der Waals surface area contributed by atoms with Crippen molar-refractivity contribution in [1.82, 2.24) is 4.98 Å². The fourth-order valence-corrected chi connectivity index (χ4v) is 4.19. The second-order valence-electron chi connectivity index (χ2n) is 6.72. The van der Waals surface area contributed by atoms with Crippen molar-refractivity contribution in [3.8, 4) is 6.07 Å². The molecule has 1 aromatic heterocycles. The molecule has 1 unspecified atom stereocenters. The third-order valence-corrected chi connectivity index (χ3v) is 5.78. The van der Waals surface area contributed by atoms with Gasteiger partial charge in [-0.15, -0.1) is 0 Å². The number of piperidine rings is 1. The first-order valence-corrected chi connectivity index (χ1v) is 10.5. The molecule has 1 aromatic carbocycles. The summed E-state index contributed by atoms with van der Waals surface area (Å²) in [6.45, 7) is 1.52. The van der Waals surface area contributed by atoms with Gasteiger partial charge in [-0.1, -0.05) is 0 Å². The van der Waals surface area contributed by atoms with Crippen molar-refractivity contribution >= 4 is 26.3 Å². The minimum absolute atomic E-state index is 0.339. The highest BCUT2D eigenvalue weighted by Crippen LogP contribution is 2.33. The second-order valence-corrected chi connectivity index (χ2v) is 9.14. The highest BCUT2D eigenvalue weighted by Gasteiger charge is 2.23. The lowest BCUT2D eigenvalue weighted by molar-refractivity contribution is 0.396.